The standard InChI is InChI=1S/C14H29NO2/c1-4-5-6-7-8-9-17-12-13-10-14(16-3)11-15(13)2/h13-14H,4-12H2,1-3H3. The van der Waals surface area contributed by atoms with Gasteiger partial charge in [0.15, 0.2) is 0 Å². The van der Waals surface area contributed by atoms with E-state index >= 15 is 0 Å². The summed E-state index contributed by atoms with van der Waals surface area (Å²) in [6.07, 6.45) is 8.07. The first kappa shape index (κ1) is 14.9. The first-order valence-corrected chi connectivity index (χ1v) is 7.08. The molecular formula is C14H29NO2. The molecule has 1 heterocycles. The van der Waals surface area contributed by atoms with E-state index in [2.05, 4.69) is 18.9 Å². The quantitative estimate of drug-likeness (QED) is 0.581. The normalized spacial score (nSPS) is 25.6. The molecule has 2 unspecified atom stereocenters. The summed E-state index contributed by atoms with van der Waals surface area (Å²) in [4.78, 5) is 2.35. The maximum absolute atomic E-state index is 5.76. The van der Waals surface area contributed by atoms with Gasteiger partial charge in [0, 0.05) is 26.3 Å². The van der Waals surface area contributed by atoms with Gasteiger partial charge in [-0.3, -0.25) is 4.90 Å². The number of likely N-dealkylation sites (tertiary alicyclic amines) is 1. The van der Waals surface area contributed by atoms with Crippen LogP contribution in [0.1, 0.15) is 45.4 Å². The smallest absolute Gasteiger partial charge is 0.0714 e. The first-order chi connectivity index (χ1) is 8.27. The number of unbranched alkanes of at least 4 members (excludes halogenated alkanes) is 4. The molecule has 3 heteroatoms. The predicted molar refractivity (Wildman–Crippen MR) is 71.4 cm³/mol. The summed E-state index contributed by atoms with van der Waals surface area (Å²) in [6.45, 7) is 5.08. The molecule has 102 valence electrons. The van der Waals surface area contributed by atoms with E-state index in [1.807, 2.05) is 0 Å². The average Bonchev–Trinajstić information content (AvgIpc) is 2.69. The van der Waals surface area contributed by atoms with Gasteiger partial charge < -0.3 is 9.47 Å². The van der Waals surface area contributed by atoms with Gasteiger partial charge in [0.05, 0.1) is 12.7 Å². The first-order valence-electron chi connectivity index (χ1n) is 7.08. The zero-order valence-corrected chi connectivity index (χ0v) is 11.8. The van der Waals surface area contributed by atoms with Gasteiger partial charge in [-0.1, -0.05) is 32.6 Å². The molecule has 0 N–H and O–H groups in total. The largest absolute Gasteiger partial charge is 0.380 e. The van der Waals surface area contributed by atoms with Crippen molar-refractivity contribution >= 4 is 0 Å². The van der Waals surface area contributed by atoms with Crippen molar-refractivity contribution in [2.45, 2.75) is 57.6 Å². The molecule has 0 bridgehead atoms. The van der Waals surface area contributed by atoms with Crippen molar-refractivity contribution < 1.29 is 9.47 Å². The van der Waals surface area contributed by atoms with E-state index < -0.39 is 0 Å². The molecule has 3 nitrogen and oxygen atoms in total. The maximum atomic E-state index is 5.76. The number of hydrogen-bond acceptors (Lipinski definition) is 3. The molecule has 1 aliphatic heterocycles. The Morgan fingerprint density at radius 3 is 2.59 bits per heavy atom. The summed E-state index contributed by atoms with van der Waals surface area (Å²) in [5.74, 6) is 0. The highest BCUT2D eigenvalue weighted by atomic mass is 16.5. The Labute approximate surface area is 106 Å². The molecule has 0 amide bonds. The van der Waals surface area contributed by atoms with Gasteiger partial charge in [-0.2, -0.15) is 0 Å². The van der Waals surface area contributed by atoms with Crippen molar-refractivity contribution in [2.75, 3.05) is 33.9 Å². The Hall–Kier alpha value is -0.120. The van der Waals surface area contributed by atoms with Crippen LogP contribution in [0.5, 0.6) is 0 Å². The van der Waals surface area contributed by atoms with Crippen molar-refractivity contribution in [1.29, 1.82) is 0 Å². The number of ether oxygens (including phenoxy) is 2. The lowest BCUT2D eigenvalue weighted by atomic mass is 10.2. The van der Waals surface area contributed by atoms with Crippen LogP contribution in [0, 0.1) is 0 Å². The van der Waals surface area contributed by atoms with Crippen LogP contribution in [0.4, 0.5) is 0 Å². The summed E-state index contributed by atoms with van der Waals surface area (Å²) in [7, 11) is 3.96. The second kappa shape index (κ2) is 8.90. The Bertz CT molecular complexity index is 187. The van der Waals surface area contributed by atoms with E-state index in [1.165, 1.54) is 32.1 Å². The number of hydrogen-bond donors (Lipinski definition) is 0. The molecule has 17 heavy (non-hydrogen) atoms. The Kier molecular flexibility index (Phi) is 7.82. The lowest BCUT2D eigenvalue weighted by Gasteiger charge is -2.18. The maximum Gasteiger partial charge on any atom is 0.0714 e. The molecule has 1 rings (SSSR count). The van der Waals surface area contributed by atoms with Crippen LogP contribution in [0.15, 0.2) is 0 Å². The van der Waals surface area contributed by atoms with E-state index in [9.17, 15) is 0 Å². The topological polar surface area (TPSA) is 21.7 Å². The number of nitrogens with zero attached hydrogens (tertiary/aromatic N) is 1. The third-order valence-corrected chi connectivity index (χ3v) is 3.69. The lowest BCUT2D eigenvalue weighted by Crippen LogP contribution is -2.29. The Balaban J connectivity index is 1.96. The van der Waals surface area contributed by atoms with Gasteiger partial charge in [0.2, 0.25) is 0 Å². The Morgan fingerprint density at radius 2 is 1.94 bits per heavy atom. The van der Waals surface area contributed by atoms with E-state index in [0.29, 0.717) is 12.1 Å². The van der Waals surface area contributed by atoms with Gasteiger partial charge in [-0.05, 0) is 19.9 Å². The van der Waals surface area contributed by atoms with Crippen molar-refractivity contribution in [3.63, 3.8) is 0 Å². The molecule has 1 fully saturated rings. The predicted octanol–water partition coefficient (Wildman–Crippen LogP) is 2.69. The van der Waals surface area contributed by atoms with E-state index in [4.69, 9.17) is 9.47 Å². The van der Waals surface area contributed by atoms with E-state index in [-0.39, 0.29) is 0 Å². The van der Waals surface area contributed by atoms with Crippen LogP contribution in [0.25, 0.3) is 0 Å². The SMILES string of the molecule is CCCCCCCOCC1CC(OC)CN1C. The lowest BCUT2D eigenvalue weighted by molar-refractivity contribution is 0.0819. The third-order valence-electron chi connectivity index (χ3n) is 3.69. The van der Waals surface area contributed by atoms with Gasteiger partial charge in [-0.15, -0.1) is 0 Å². The molecule has 0 spiro atoms. The highest BCUT2D eigenvalue weighted by Gasteiger charge is 2.29. The minimum atomic E-state index is 0.401. The number of methoxy groups -OCH3 is 1. The summed E-state index contributed by atoms with van der Waals surface area (Å²) < 4.78 is 11.2. The third kappa shape index (κ3) is 5.84. The fraction of sp³-hybridized carbons (Fsp3) is 1.00. The van der Waals surface area contributed by atoms with Crippen molar-refractivity contribution in [1.82, 2.24) is 4.90 Å². The molecule has 1 saturated heterocycles. The van der Waals surface area contributed by atoms with E-state index in [1.54, 1.807) is 7.11 Å². The second-order valence-electron chi connectivity index (χ2n) is 5.18. The van der Waals surface area contributed by atoms with Crippen molar-refractivity contribution in [3.8, 4) is 0 Å². The van der Waals surface area contributed by atoms with Crippen molar-refractivity contribution in [3.05, 3.63) is 0 Å². The highest BCUT2D eigenvalue weighted by molar-refractivity contribution is 4.83. The van der Waals surface area contributed by atoms with Crippen molar-refractivity contribution in [2.24, 2.45) is 0 Å². The van der Waals surface area contributed by atoms with Crippen LogP contribution in [0.2, 0.25) is 0 Å². The van der Waals surface area contributed by atoms with Crippen LogP contribution in [-0.2, 0) is 9.47 Å². The molecule has 0 aromatic carbocycles. The van der Waals surface area contributed by atoms with Gasteiger partial charge in [0.1, 0.15) is 0 Å². The van der Waals surface area contributed by atoms with Gasteiger partial charge in [0.25, 0.3) is 0 Å². The zero-order chi connectivity index (χ0) is 12.5. The van der Waals surface area contributed by atoms with Crippen LogP contribution in [0.3, 0.4) is 0 Å². The van der Waals surface area contributed by atoms with Gasteiger partial charge in [-0.25, -0.2) is 0 Å². The van der Waals surface area contributed by atoms with Crippen LogP contribution >= 0.6 is 0 Å². The summed E-state index contributed by atoms with van der Waals surface area (Å²) in [6, 6.07) is 0.551. The summed E-state index contributed by atoms with van der Waals surface area (Å²) in [5, 5.41) is 0. The summed E-state index contributed by atoms with van der Waals surface area (Å²) >= 11 is 0. The van der Waals surface area contributed by atoms with E-state index in [0.717, 1.165) is 26.2 Å². The molecule has 0 saturated carbocycles. The monoisotopic (exact) mass is 243 g/mol. The fourth-order valence-electron chi connectivity index (χ4n) is 2.42. The fourth-order valence-corrected chi connectivity index (χ4v) is 2.42. The molecular weight excluding hydrogens is 214 g/mol. The number of likely N-dealkylation sites (N-methyl/N-ethyl adjacent to an activating group) is 1. The second-order valence-corrected chi connectivity index (χ2v) is 5.18. The molecule has 0 aliphatic carbocycles. The zero-order valence-electron chi connectivity index (χ0n) is 11.8. The minimum absolute atomic E-state index is 0.401. The molecule has 0 aromatic rings. The van der Waals surface area contributed by atoms with Crippen LogP contribution in [-0.4, -0.2) is 51.0 Å². The molecule has 2 atom stereocenters. The number of rotatable bonds is 9. The summed E-state index contributed by atoms with van der Waals surface area (Å²) in [5.41, 5.74) is 0. The Morgan fingerprint density at radius 1 is 1.18 bits per heavy atom. The highest BCUT2D eigenvalue weighted by Crippen LogP contribution is 2.18. The molecule has 0 aromatic heterocycles. The minimum Gasteiger partial charge on any atom is -0.380 e. The van der Waals surface area contributed by atoms with Crippen LogP contribution < -0.4 is 0 Å². The average molecular weight is 243 g/mol. The molecule has 0 radical (unpaired) electrons. The van der Waals surface area contributed by atoms with Gasteiger partial charge >= 0.3 is 0 Å². The molecule has 1 aliphatic rings.